The molecule has 0 radical (unpaired) electrons. The highest BCUT2D eigenvalue weighted by atomic mass is 16.5. The summed E-state index contributed by atoms with van der Waals surface area (Å²) in [4.78, 5) is 13.9. The molecule has 1 heterocycles. The molecule has 1 amide bonds. The van der Waals surface area contributed by atoms with Gasteiger partial charge >= 0.3 is 0 Å². The van der Waals surface area contributed by atoms with E-state index in [-0.39, 0.29) is 11.8 Å². The van der Waals surface area contributed by atoms with Crippen molar-refractivity contribution in [2.24, 2.45) is 11.7 Å². The molecule has 1 aliphatic heterocycles. The summed E-state index contributed by atoms with van der Waals surface area (Å²) in [6.45, 7) is 1.41. The molecule has 2 fully saturated rings. The minimum Gasteiger partial charge on any atom is -0.377 e. The lowest BCUT2D eigenvalue weighted by molar-refractivity contribution is -0.147. The van der Waals surface area contributed by atoms with Crippen LogP contribution in [-0.4, -0.2) is 43.2 Å². The number of ether oxygens (including phenoxy) is 1. The summed E-state index contributed by atoms with van der Waals surface area (Å²) in [6.07, 6.45) is 3.90. The van der Waals surface area contributed by atoms with Crippen LogP contribution in [0.4, 0.5) is 0 Å². The molecule has 2 rings (SSSR count). The normalized spacial score (nSPS) is 32.1. The predicted molar refractivity (Wildman–Crippen MR) is 57.3 cm³/mol. The number of likely N-dealkylation sites (N-methyl/N-ethyl adjacent to an activating group) is 1. The Morgan fingerprint density at radius 3 is 2.33 bits per heavy atom. The van der Waals surface area contributed by atoms with Crippen molar-refractivity contribution in [3.05, 3.63) is 0 Å². The molecule has 2 N–H and O–H groups in total. The van der Waals surface area contributed by atoms with Gasteiger partial charge in [-0.15, -0.1) is 0 Å². The van der Waals surface area contributed by atoms with Crippen molar-refractivity contribution in [1.82, 2.24) is 4.90 Å². The third-order valence-electron chi connectivity index (χ3n) is 3.64. The van der Waals surface area contributed by atoms with Crippen molar-refractivity contribution in [3.63, 3.8) is 0 Å². The number of carbonyl (C=O) groups is 1. The van der Waals surface area contributed by atoms with Crippen LogP contribution in [0.5, 0.6) is 0 Å². The number of hydrogen-bond acceptors (Lipinski definition) is 3. The largest absolute Gasteiger partial charge is 0.377 e. The number of rotatable bonds is 2. The Hall–Kier alpha value is -0.610. The lowest BCUT2D eigenvalue weighted by atomic mass is 9.85. The summed E-state index contributed by atoms with van der Waals surface area (Å²) in [7, 11) is 1.89. The van der Waals surface area contributed by atoms with Gasteiger partial charge in [0.05, 0.1) is 19.3 Å². The molecule has 0 spiro atoms. The Kier molecular flexibility index (Phi) is 3.26. The number of hydrogen-bond donors (Lipinski definition) is 1. The Morgan fingerprint density at radius 2 is 1.87 bits per heavy atom. The van der Waals surface area contributed by atoms with Gasteiger partial charge in [-0.05, 0) is 25.7 Å². The molecule has 15 heavy (non-hydrogen) atoms. The SMILES string of the molecule is CN(C(=O)C1CCC(N)CC1)C1COC1. The molecule has 0 aromatic heterocycles. The summed E-state index contributed by atoms with van der Waals surface area (Å²) in [6, 6.07) is 0.625. The Labute approximate surface area is 90.8 Å². The lowest BCUT2D eigenvalue weighted by Crippen LogP contribution is -2.51. The van der Waals surface area contributed by atoms with Gasteiger partial charge in [-0.2, -0.15) is 0 Å². The van der Waals surface area contributed by atoms with Gasteiger partial charge < -0.3 is 15.4 Å². The van der Waals surface area contributed by atoms with E-state index in [4.69, 9.17) is 10.5 Å². The third-order valence-corrected chi connectivity index (χ3v) is 3.64. The summed E-state index contributed by atoms with van der Waals surface area (Å²) < 4.78 is 5.10. The standard InChI is InChI=1S/C11H20N2O2/c1-13(10-6-15-7-10)11(14)8-2-4-9(12)5-3-8/h8-10H,2-7,12H2,1H3. The van der Waals surface area contributed by atoms with Crippen LogP contribution in [0.1, 0.15) is 25.7 Å². The molecule has 0 aromatic carbocycles. The monoisotopic (exact) mass is 212 g/mol. The average Bonchev–Trinajstić information content (AvgIpc) is 2.15. The number of amides is 1. The van der Waals surface area contributed by atoms with E-state index in [1.54, 1.807) is 0 Å². The van der Waals surface area contributed by atoms with Crippen LogP contribution in [0, 0.1) is 5.92 Å². The first kappa shape index (κ1) is 10.9. The van der Waals surface area contributed by atoms with Gasteiger partial charge in [0.25, 0.3) is 0 Å². The zero-order valence-corrected chi connectivity index (χ0v) is 9.32. The molecule has 4 nitrogen and oxygen atoms in total. The first-order valence-electron chi connectivity index (χ1n) is 5.78. The van der Waals surface area contributed by atoms with Gasteiger partial charge in [0.1, 0.15) is 0 Å². The molecule has 1 saturated heterocycles. The highest BCUT2D eigenvalue weighted by molar-refractivity contribution is 5.79. The Bertz CT molecular complexity index is 233. The fraction of sp³-hybridized carbons (Fsp3) is 0.909. The highest BCUT2D eigenvalue weighted by Gasteiger charge is 2.32. The minimum atomic E-state index is 0.204. The van der Waals surface area contributed by atoms with Crippen molar-refractivity contribution < 1.29 is 9.53 Å². The van der Waals surface area contributed by atoms with E-state index in [0.717, 1.165) is 25.7 Å². The zero-order chi connectivity index (χ0) is 10.8. The molecule has 1 aliphatic carbocycles. The van der Waals surface area contributed by atoms with Gasteiger partial charge in [0.15, 0.2) is 0 Å². The number of nitrogens with zero attached hydrogens (tertiary/aromatic N) is 1. The van der Waals surface area contributed by atoms with Crippen molar-refractivity contribution in [2.75, 3.05) is 20.3 Å². The molecule has 0 atom stereocenters. The van der Waals surface area contributed by atoms with Gasteiger partial charge in [0, 0.05) is 19.0 Å². The first-order valence-corrected chi connectivity index (χ1v) is 5.78. The van der Waals surface area contributed by atoms with Gasteiger partial charge in [0.2, 0.25) is 5.91 Å². The quantitative estimate of drug-likeness (QED) is 0.719. The summed E-state index contributed by atoms with van der Waals surface area (Å²) in [5, 5.41) is 0. The predicted octanol–water partition coefficient (Wildman–Crippen LogP) is 0.361. The van der Waals surface area contributed by atoms with Crippen LogP contribution < -0.4 is 5.73 Å². The fourth-order valence-corrected chi connectivity index (χ4v) is 2.28. The molecule has 0 unspecified atom stereocenters. The van der Waals surface area contributed by atoms with E-state index in [0.29, 0.717) is 25.3 Å². The molecule has 0 aromatic rings. The first-order chi connectivity index (χ1) is 7.18. The van der Waals surface area contributed by atoms with Gasteiger partial charge in [-0.3, -0.25) is 4.79 Å². The van der Waals surface area contributed by atoms with Crippen LogP contribution >= 0.6 is 0 Å². The van der Waals surface area contributed by atoms with Crippen molar-refractivity contribution in [1.29, 1.82) is 0 Å². The number of nitrogens with two attached hydrogens (primary N) is 1. The zero-order valence-electron chi connectivity index (χ0n) is 9.32. The number of carbonyl (C=O) groups excluding carboxylic acids is 1. The van der Waals surface area contributed by atoms with E-state index in [1.807, 2.05) is 11.9 Å². The van der Waals surface area contributed by atoms with Gasteiger partial charge in [-0.1, -0.05) is 0 Å². The fourth-order valence-electron chi connectivity index (χ4n) is 2.28. The lowest BCUT2D eigenvalue weighted by Gasteiger charge is -2.37. The third kappa shape index (κ3) is 2.32. The molecule has 86 valence electrons. The van der Waals surface area contributed by atoms with E-state index >= 15 is 0 Å². The maximum Gasteiger partial charge on any atom is 0.225 e. The molecular formula is C11H20N2O2. The molecule has 1 saturated carbocycles. The second kappa shape index (κ2) is 4.49. The smallest absolute Gasteiger partial charge is 0.225 e. The maximum atomic E-state index is 12.1. The van der Waals surface area contributed by atoms with E-state index in [2.05, 4.69) is 0 Å². The van der Waals surface area contributed by atoms with Crippen LogP contribution in [0.3, 0.4) is 0 Å². The van der Waals surface area contributed by atoms with Gasteiger partial charge in [-0.25, -0.2) is 0 Å². The van der Waals surface area contributed by atoms with Crippen LogP contribution in [0.25, 0.3) is 0 Å². The molecule has 2 aliphatic rings. The average molecular weight is 212 g/mol. The van der Waals surface area contributed by atoms with Crippen molar-refractivity contribution >= 4 is 5.91 Å². The van der Waals surface area contributed by atoms with Crippen molar-refractivity contribution in [2.45, 2.75) is 37.8 Å². The summed E-state index contributed by atoms with van der Waals surface area (Å²) in [5.41, 5.74) is 5.83. The Balaban J connectivity index is 1.84. The van der Waals surface area contributed by atoms with Crippen LogP contribution in [0.2, 0.25) is 0 Å². The topological polar surface area (TPSA) is 55.6 Å². The van der Waals surface area contributed by atoms with E-state index in [9.17, 15) is 4.79 Å². The van der Waals surface area contributed by atoms with Crippen molar-refractivity contribution in [3.8, 4) is 0 Å². The van der Waals surface area contributed by atoms with Crippen LogP contribution in [-0.2, 0) is 9.53 Å². The molecular weight excluding hydrogens is 192 g/mol. The summed E-state index contributed by atoms with van der Waals surface area (Å²) >= 11 is 0. The van der Waals surface area contributed by atoms with E-state index < -0.39 is 0 Å². The molecule has 0 bridgehead atoms. The minimum absolute atomic E-state index is 0.204. The van der Waals surface area contributed by atoms with E-state index in [1.165, 1.54) is 0 Å². The van der Waals surface area contributed by atoms with Crippen LogP contribution in [0.15, 0.2) is 0 Å². The highest BCUT2D eigenvalue weighted by Crippen LogP contribution is 2.25. The summed E-state index contributed by atoms with van der Waals surface area (Å²) in [5.74, 6) is 0.491. The molecule has 4 heteroatoms. The maximum absolute atomic E-state index is 12.1. The second-order valence-corrected chi connectivity index (χ2v) is 4.75. The Morgan fingerprint density at radius 1 is 1.27 bits per heavy atom. The second-order valence-electron chi connectivity index (χ2n) is 4.75.